The van der Waals surface area contributed by atoms with Gasteiger partial charge in [-0.05, 0) is 42.7 Å². The molecule has 4 heteroatoms. The zero-order chi connectivity index (χ0) is 14.8. The van der Waals surface area contributed by atoms with Crippen LogP contribution >= 0.6 is 11.8 Å². The number of carbonyl (C=O) groups excluding carboxylic acids is 1. The first-order valence-corrected chi connectivity index (χ1v) is 8.48. The minimum absolute atomic E-state index is 0.103. The number of hydrogen-bond acceptors (Lipinski definition) is 3. The van der Waals surface area contributed by atoms with Gasteiger partial charge in [-0.25, -0.2) is 0 Å². The van der Waals surface area contributed by atoms with Gasteiger partial charge in [0.05, 0.1) is 12.4 Å². The minimum Gasteiger partial charge on any atom is -0.494 e. The fourth-order valence-corrected chi connectivity index (χ4v) is 2.06. The number of carbonyl (C=O) groups is 1. The molecule has 0 saturated carbocycles. The van der Waals surface area contributed by atoms with E-state index in [-0.39, 0.29) is 5.91 Å². The Morgan fingerprint density at radius 3 is 2.60 bits per heavy atom. The molecule has 0 aromatic heterocycles. The van der Waals surface area contributed by atoms with Crippen molar-refractivity contribution in [3.8, 4) is 5.75 Å². The lowest BCUT2D eigenvalue weighted by Crippen LogP contribution is -2.27. The first kappa shape index (κ1) is 16.9. The summed E-state index contributed by atoms with van der Waals surface area (Å²) < 4.78 is 5.67. The number of nitrogens with one attached hydrogen (secondary N) is 1. The van der Waals surface area contributed by atoms with Gasteiger partial charge >= 0.3 is 0 Å². The van der Waals surface area contributed by atoms with Gasteiger partial charge in [0.25, 0.3) is 0 Å². The Bertz CT molecular complexity index is 390. The van der Waals surface area contributed by atoms with Gasteiger partial charge in [-0.3, -0.25) is 4.79 Å². The second kappa shape index (κ2) is 9.70. The average Bonchev–Trinajstić information content (AvgIpc) is 2.40. The molecule has 3 nitrogen and oxygen atoms in total. The normalized spacial score (nSPS) is 10.6. The minimum atomic E-state index is 0.103. The highest BCUT2D eigenvalue weighted by molar-refractivity contribution is 7.99. The van der Waals surface area contributed by atoms with Crippen molar-refractivity contribution >= 4 is 17.7 Å². The van der Waals surface area contributed by atoms with Gasteiger partial charge in [0.2, 0.25) is 5.91 Å². The van der Waals surface area contributed by atoms with Crippen molar-refractivity contribution < 1.29 is 9.53 Å². The Morgan fingerprint density at radius 2 is 2.00 bits per heavy atom. The lowest BCUT2D eigenvalue weighted by Gasteiger charge is -2.09. The molecule has 1 amide bonds. The van der Waals surface area contributed by atoms with Crippen LogP contribution in [0.4, 0.5) is 0 Å². The quantitative estimate of drug-likeness (QED) is 0.760. The first-order valence-electron chi connectivity index (χ1n) is 7.09. The van der Waals surface area contributed by atoms with Gasteiger partial charge in [0.1, 0.15) is 5.75 Å². The monoisotopic (exact) mass is 295 g/mol. The van der Waals surface area contributed by atoms with Crippen LogP contribution < -0.4 is 10.1 Å². The Hall–Kier alpha value is -1.16. The summed E-state index contributed by atoms with van der Waals surface area (Å²) in [4.78, 5) is 11.3. The molecule has 20 heavy (non-hydrogen) atoms. The molecule has 0 heterocycles. The van der Waals surface area contributed by atoms with E-state index < -0.39 is 0 Å². The summed E-state index contributed by atoms with van der Waals surface area (Å²) in [7, 11) is 0. The van der Waals surface area contributed by atoms with Crippen LogP contribution in [0.1, 0.15) is 25.8 Å². The smallest absolute Gasteiger partial charge is 0.229 e. The summed E-state index contributed by atoms with van der Waals surface area (Å²) in [5, 5.41) is 2.90. The molecule has 0 aliphatic heterocycles. The molecule has 0 atom stereocenters. The topological polar surface area (TPSA) is 38.3 Å². The zero-order valence-electron chi connectivity index (χ0n) is 12.6. The fourth-order valence-electron chi connectivity index (χ4n) is 1.69. The van der Waals surface area contributed by atoms with E-state index in [2.05, 4.69) is 31.3 Å². The Kier molecular flexibility index (Phi) is 8.19. The highest BCUT2D eigenvalue weighted by atomic mass is 32.2. The van der Waals surface area contributed by atoms with Gasteiger partial charge in [0.15, 0.2) is 0 Å². The summed E-state index contributed by atoms with van der Waals surface area (Å²) in [6, 6.07) is 8.12. The highest BCUT2D eigenvalue weighted by Crippen LogP contribution is 2.13. The fraction of sp³-hybridized carbons (Fsp3) is 0.562. The molecular formula is C16H25NO2S. The number of benzene rings is 1. The van der Waals surface area contributed by atoms with Crippen molar-refractivity contribution in [2.24, 2.45) is 5.92 Å². The standard InChI is InChI=1S/C16H25NO2S/c1-13(2)9-11-19-15-6-4-14(5-7-15)8-10-17-16(18)12-20-3/h4-7,13H,8-12H2,1-3H3,(H,17,18). The number of thioether (sulfide) groups is 1. The van der Waals surface area contributed by atoms with Gasteiger partial charge in [-0.15, -0.1) is 0 Å². The zero-order valence-corrected chi connectivity index (χ0v) is 13.5. The summed E-state index contributed by atoms with van der Waals surface area (Å²) in [6.07, 6.45) is 3.85. The molecule has 0 radical (unpaired) electrons. The molecule has 0 spiro atoms. The van der Waals surface area contributed by atoms with E-state index >= 15 is 0 Å². The van der Waals surface area contributed by atoms with Crippen LogP contribution in [-0.2, 0) is 11.2 Å². The maximum absolute atomic E-state index is 11.3. The lowest BCUT2D eigenvalue weighted by molar-refractivity contribution is -0.118. The molecular weight excluding hydrogens is 270 g/mol. The van der Waals surface area contributed by atoms with Crippen molar-refractivity contribution in [2.45, 2.75) is 26.7 Å². The van der Waals surface area contributed by atoms with Crippen molar-refractivity contribution in [1.29, 1.82) is 0 Å². The van der Waals surface area contributed by atoms with Crippen LogP contribution in [0.5, 0.6) is 5.75 Å². The third-order valence-corrected chi connectivity index (χ3v) is 3.45. The second-order valence-electron chi connectivity index (χ2n) is 5.21. The largest absolute Gasteiger partial charge is 0.494 e. The second-order valence-corrected chi connectivity index (χ2v) is 6.07. The predicted octanol–water partition coefficient (Wildman–Crippen LogP) is 3.13. The Labute approximate surface area is 126 Å². The van der Waals surface area contributed by atoms with E-state index in [1.165, 1.54) is 17.3 Å². The van der Waals surface area contributed by atoms with Crippen LogP contribution in [0.3, 0.4) is 0 Å². The van der Waals surface area contributed by atoms with E-state index in [4.69, 9.17) is 4.74 Å². The summed E-state index contributed by atoms with van der Waals surface area (Å²) >= 11 is 1.54. The third-order valence-electron chi connectivity index (χ3n) is 2.90. The van der Waals surface area contributed by atoms with Gasteiger partial charge in [-0.1, -0.05) is 26.0 Å². The van der Waals surface area contributed by atoms with Crippen molar-refractivity contribution in [2.75, 3.05) is 25.2 Å². The number of ether oxygens (including phenoxy) is 1. The van der Waals surface area contributed by atoms with E-state index in [1.54, 1.807) is 0 Å². The molecule has 0 aliphatic rings. The van der Waals surface area contributed by atoms with Crippen LogP contribution in [-0.4, -0.2) is 31.1 Å². The Balaban J connectivity index is 2.26. The van der Waals surface area contributed by atoms with Crippen LogP contribution in [0.2, 0.25) is 0 Å². The molecule has 1 rings (SSSR count). The molecule has 1 aromatic carbocycles. The molecule has 0 unspecified atom stereocenters. The predicted molar refractivity (Wildman–Crippen MR) is 86.5 cm³/mol. The van der Waals surface area contributed by atoms with Crippen molar-refractivity contribution in [1.82, 2.24) is 5.32 Å². The molecule has 0 saturated heterocycles. The summed E-state index contributed by atoms with van der Waals surface area (Å²) in [5.74, 6) is 2.22. The number of rotatable bonds is 9. The van der Waals surface area contributed by atoms with E-state index in [1.807, 2.05) is 18.4 Å². The average molecular weight is 295 g/mol. The summed E-state index contributed by atoms with van der Waals surface area (Å²) in [6.45, 7) is 5.84. The molecule has 1 N–H and O–H groups in total. The molecule has 0 fully saturated rings. The first-order chi connectivity index (χ1) is 9.61. The van der Waals surface area contributed by atoms with Crippen LogP contribution in [0, 0.1) is 5.92 Å². The van der Waals surface area contributed by atoms with E-state index in [9.17, 15) is 4.79 Å². The third kappa shape index (κ3) is 7.43. The van der Waals surface area contributed by atoms with Crippen LogP contribution in [0.15, 0.2) is 24.3 Å². The summed E-state index contributed by atoms with van der Waals surface area (Å²) in [5.41, 5.74) is 1.21. The van der Waals surface area contributed by atoms with Crippen molar-refractivity contribution in [3.05, 3.63) is 29.8 Å². The SMILES string of the molecule is CSCC(=O)NCCc1ccc(OCCC(C)C)cc1. The number of hydrogen-bond donors (Lipinski definition) is 1. The van der Waals surface area contributed by atoms with E-state index in [0.717, 1.165) is 25.2 Å². The molecule has 0 aliphatic carbocycles. The maximum Gasteiger partial charge on any atom is 0.229 e. The molecule has 1 aromatic rings. The van der Waals surface area contributed by atoms with Gasteiger partial charge in [0, 0.05) is 6.54 Å². The number of amides is 1. The van der Waals surface area contributed by atoms with Crippen LogP contribution in [0.25, 0.3) is 0 Å². The van der Waals surface area contributed by atoms with E-state index in [0.29, 0.717) is 18.2 Å². The Morgan fingerprint density at radius 1 is 1.30 bits per heavy atom. The highest BCUT2D eigenvalue weighted by Gasteiger charge is 2.00. The van der Waals surface area contributed by atoms with Crippen molar-refractivity contribution in [3.63, 3.8) is 0 Å². The van der Waals surface area contributed by atoms with Gasteiger partial charge in [-0.2, -0.15) is 11.8 Å². The lowest BCUT2D eigenvalue weighted by atomic mass is 10.1. The molecule has 0 bridgehead atoms. The van der Waals surface area contributed by atoms with Gasteiger partial charge < -0.3 is 10.1 Å². The molecule has 112 valence electrons. The maximum atomic E-state index is 11.3.